The maximum Gasteiger partial charge on any atom is 0.144 e. The van der Waals surface area contributed by atoms with Crippen LogP contribution in [0.25, 0.3) is 0 Å². The monoisotopic (exact) mass is 263 g/mol. The van der Waals surface area contributed by atoms with Gasteiger partial charge >= 0.3 is 0 Å². The van der Waals surface area contributed by atoms with E-state index in [0.29, 0.717) is 23.5 Å². The first-order chi connectivity index (χ1) is 9.10. The van der Waals surface area contributed by atoms with Crippen LogP contribution in [0.2, 0.25) is 0 Å². The molecular formula is C15H15F2NO. The van der Waals surface area contributed by atoms with Crippen LogP contribution in [0.3, 0.4) is 0 Å². The summed E-state index contributed by atoms with van der Waals surface area (Å²) in [4.78, 5) is 0. The van der Waals surface area contributed by atoms with Gasteiger partial charge in [-0.05, 0) is 36.2 Å². The number of anilines is 1. The Morgan fingerprint density at radius 1 is 1.11 bits per heavy atom. The summed E-state index contributed by atoms with van der Waals surface area (Å²) in [7, 11) is 1.49. The van der Waals surface area contributed by atoms with Gasteiger partial charge in [0.05, 0.1) is 12.8 Å². The molecule has 0 aliphatic rings. The van der Waals surface area contributed by atoms with Crippen molar-refractivity contribution in [3.05, 3.63) is 59.2 Å². The number of hydrogen-bond donors (Lipinski definition) is 1. The molecular weight excluding hydrogens is 248 g/mol. The lowest BCUT2D eigenvalue weighted by Gasteiger charge is -2.11. The van der Waals surface area contributed by atoms with Crippen LogP contribution >= 0.6 is 0 Å². The highest BCUT2D eigenvalue weighted by molar-refractivity contribution is 5.56. The smallest absolute Gasteiger partial charge is 0.144 e. The number of halogens is 2. The van der Waals surface area contributed by atoms with Gasteiger partial charge in [-0.15, -0.1) is 0 Å². The molecule has 1 N–H and O–H groups in total. The average Bonchev–Trinajstić information content (AvgIpc) is 2.41. The third-order valence-electron chi connectivity index (χ3n) is 2.87. The highest BCUT2D eigenvalue weighted by Gasteiger charge is 2.05. The van der Waals surface area contributed by atoms with Gasteiger partial charge in [-0.3, -0.25) is 0 Å². The van der Waals surface area contributed by atoms with Crippen molar-refractivity contribution < 1.29 is 13.5 Å². The summed E-state index contributed by atoms with van der Waals surface area (Å²) in [5.41, 5.74) is 2.25. The molecule has 19 heavy (non-hydrogen) atoms. The minimum absolute atomic E-state index is 0.219. The lowest BCUT2D eigenvalue weighted by atomic mass is 10.1. The van der Waals surface area contributed by atoms with Gasteiger partial charge in [-0.2, -0.15) is 0 Å². The van der Waals surface area contributed by atoms with Crippen LogP contribution in [-0.4, -0.2) is 7.11 Å². The van der Waals surface area contributed by atoms with Crippen molar-refractivity contribution in [1.82, 2.24) is 0 Å². The Kier molecular flexibility index (Phi) is 4.00. The third-order valence-corrected chi connectivity index (χ3v) is 2.87. The summed E-state index contributed by atoms with van der Waals surface area (Å²) in [6.45, 7) is 2.24. The van der Waals surface area contributed by atoms with Gasteiger partial charge in [0.25, 0.3) is 0 Å². The molecule has 4 heteroatoms. The molecule has 0 amide bonds. The largest absolute Gasteiger partial charge is 0.494 e. The standard InChI is InChI=1S/C15H15F2NO/c1-10-7-11(3-5-13(10)17)9-18-14-6-4-12(16)8-15(14)19-2/h3-8,18H,9H2,1-2H3. The van der Waals surface area contributed by atoms with Crippen molar-refractivity contribution in [3.8, 4) is 5.75 Å². The van der Waals surface area contributed by atoms with E-state index >= 15 is 0 Å². The molecule has 100 valence electrons. The van der Waals surface area contributed by atoms with Gasteiger partial charge in [0.15, 0.2) is 0 Å². The second-order valence-electron chi connectivity index (χ2n) is 4.28. The van der Waals surface area contributed by atoms with E-state index in [1.165, 1.54) is 25.3 Å². The number of hydrogen-bond acceptors (Lipinski definition) is 2. The lowest BCUT2D eigenvalue weighted by molar-refractivity contribution is 0.413. The van der Waals surface area contributed by atoms with Crippen LogP contribution in [0.15, 0.2) is 36.4 Å². The fourth-order valence-electron chi connectivity index (χ4n) is 1.83. The van der Waals surface area contributed by atoms with Crippen LogP contribution in [0.1, 0.15) is 11.1 Å². The average molecular weight is 263 g/mol. The molecule has 0 saturated carbocycles. The van der Waals surface area contributed by atoms with E-state index in [0.717, 1.165) is 5.56 Å². The quantitative estimate of drug-likeness (QED) is 0.903. The van der Waals surface area contributed by atoms with Crippen molar-refractivity contribution in [2.24, 2.45) is 0 Å². The lowest BCUT2D eigenvalue weighted by Crippen LogP contribution is -2.02. The van der Waals surface area contributed by atoms with Gasteiger partial charge in [-0.25, -0.2) is 8.78 Å². The normalized spacial score (nSPS) is 10.3. The molecule has 0 aliphatic heterocycles. The first-order valence-corrected chi connectivity index (χ1v) is 5.92. The molecule has 0 spiro atoms. The maximum absolute atomic E-state index is 13.1. The zero-order valence-corrected chi connectivity index (χ0v) is 10.8. The number of rotatable bonds is 4. The fraction of sp³-hybridized carbons (Fsp3) is 0.200. The van der Waals surface area contributed by atoms with E-state index in [4.69, 9.17) is 4.74 Å². The molecule has 0 aromatic heterocycles. The second kappa shape index (κ2) is 5.69. The molecule has 0 aliphatic carbocycles. The van der Waals surface area contributed by atoms with E-state index in [2.05, 4.69) is 5.32 Å². The fourth-order valence-corrected chi connectivity index (χ4v) is 1.83. The number of benzene rings is 2. The van der Waals surface area contributed by atoms with Gasteiger partial charge in [0, 0.05) is 12.6 Å². The van der Waals surface area contributed by atoms with Gasteiger partial charge in [0.2, 0.25) is 0 Å². The number of ether oxygens (including phenoxy) is 1. The highest BCUT2D eigenvalue weighted by Crippen LogP contribution is 2.25. The topological polar surface area (TPSA) is 21.3 Å². The Bertz CT molecular complexity index is 584. The van der Waals surface area contributed by atoms with Crippen LogP contribution in [0, 0.1) is 18.6 Å². The van der Waals surface area contributed by atoms with Crippen molar-refractivity contribution in [3.63, 3.8) is 0 Å². The molecule has 0 bridgehead atoms. The van der Waals surface area contributed by atoms with Gasteiger partial charge in [-0.1, -0.05) is 12.1 Å². The summed E-state index contributed by atoms with van der Waals surface area (Å²) in [6, 6.07) is 9.22. The zero-order chi connectivity index (χ0) is 13.8. The molecule has 2 nitrogen and oxygen atoms in total. The summed E-state index contributed by atoms with van der Waals surface area (Å²) >= 11 is 0. The number of nitrogens with one attached hydrogen (secondary N) is 1. The molecule has 0 unspecified atom stereocenters. The van der Waals surface area contributed by atoms with Gasteiger partial charge in [0.1, 0.15) is 17.4 Å². The maximum atomic E-state index is 13.1. The molecule has 0 fully saturated rings. The van der Waals surface area contributed by atoms with Crippen LogP contribution in [-0.2, 0) is 6.54 Å². The Hall–Kier alpha value is -2.10. The van der Waals surface area contributed by atoms with Gasteiger partial charge < -0.3 is 10.1 Å². The molecule has 2 rings (SSSR count). The second-order valence-corrected chi connectivity index (χ2v) is 4.28. The van der Waals surface area contributed by atoms with Crippen molar-refractivity contribution in [1.29, 1.82) is 0 Å². The first kappa shape index (κ1) is 13.3. The van der Waals surface area contributed by atoms with E-state index in [1.54, 1.807) is 25.1 Å². The molecule has 2 aromatic rings. The van der Waals surface area contributed by atoms with Crippen molar-refractivity contribution in [2.45, 2.75) is 13.5 Å². The number of methoxy groups -OCH3 is 1. The molecule has 0 saturated heterocycles. The predicted octanol–water partition coefficient (Wildman–Crippen LogP) is 3.89. The minimum Gasteiger partial charge on any atom is -0.494 e. The summed E-state index contributed by atoms with van der Waals surface area (Å²) in [6.07, 6.45) is 0. The molecule has 0 atom stereocenters. The zero-order valence-electron chi connectivity index (χ0n) is 10.8. The Balaban J connectivity index is 2.12. The molecule has 0 heterocycles. The third kappa shape index (κ3) is 3.22. The predicted molar refractivity (Wildman–Crippen MR) is 71.4 cm³/mol. The van der Waals surface area contributed by atoms with E-state index in [1.807, 2.05) is 0 Å². The summed E-state index contributed by atoms with van der Waals surface area (Å²) in [5.74, 6) is -0.123. The SMILES string of the molecule is COc1cc(F)ccc1NCc1ccc(F)c(C)c1. The first-order valence-electron chi connectivity index (χ1n) is 5.92. The van der Waals surface area contributed by atoms with Crippen LogP contribution in [0.5, 0.6) is 5.75 Å². The summed E-state index contributed by atoms with van der Waals surface area (Å²) in [5, 5.41) is 3.14. The van der Waals surface area contributed by atoms with Crippen molar-refractivity contribution >= 4 is 5.69 Å². The van der Waals surface area contributed by atoms with Crippen molar-refractivity contribution in [2.75, 3.05) is 12.4 Å². The molecule has 2 aromatic carbocycles. The Morgan fingerprint density at radius 2 is 1.89 bits per heavy atom. The highest BCUT2D eigenvalue weighted by atomic mass is 19.1. The van der Waals surface area contributed by atoms with E-state index in [9.17, 15) is 8.78 Å². The van der Waals surface area contributed by atoms with E-state index < -0.39 is 0 Å². The summed E-state index contributed by atoms with van der Waals surface area (Å²) < 4.78 is 31.3. The number of aryl methyl sites for hydroxylation is 1. The Labute approximate surface area is 111 Å². The van der Waals surface area contributed by atoms with E-state index in [-0.39, 0.29) is 11.6 Å². The molecule has 0 radical (unpaired) electrons. The van der Waals surface area contributed by atoms with Crippen LogP contribution < -0.4 is 10.1 Å². The van der Waals surface area contributed by atoms with Crippen LogP contribution in [0.4, 0.5) is 14.5 Å². The minimum atomic E-state index is -0.347. The Morgan fingerprint density at radius 3 is 2.58 bits per heavy atom.